The summed E-state index contributed by atoms with van der Waals surface area (Å²) in [5, 5.41) is 17.2. The molecule has 352 valence electrons. The number of H-pyrrole nitrogens is 1. The predicted molar refractivity (Wildman–Crippen MR) is 260 cm³/mol. The fraction of sp³-hybridized carbons (Fsp3) is 0.429. The molecule has 1 aliphatic carbocycles. The molecule has 5 aromatic rings. The second-order valence-corrected chi connectivity index (χ2v) is 21.3. The number of piperazine rings is 1. The van der Waals surface area contributed by atoms with E-state index in [-0.39, 0.29) is 35.0 Å². The maximum Gasteiger partial charge on any atom is 0.293 e. The van der Waals surface area contributed by atoms with Crippen molar-refractivity contribution in [2.24, 2.45) is 5.41 Å². The average Bonchev–Trinajstić information content (AvgIpc) is 3.76. The fourth-order valence-electron chi connectivity index (χ4n) is 10.1. The number of nitro benzene ring substituents is 1. The van der Waals surface area contributed by atoms with Gasteiger partial charge < -0.3 is 29.6 Å². The summed E-state index contributed by atoms with van der Waals surface area (Å²) in [6, 6.07) is 21.6. The number of benzene rings is 3. The minimum Gasteiger partial charge on any atom is -0.474 e. The van der Waals surface area contributed by atoms with Crippen molar-refractivity contribution in [2.45, 2.75) is 62.9 Å². The molecular weight excluding hydrogens is 894 g/mol. The number of amides is 1. The Kier molecular flexibility index (Phi) is 12.4. The first-order valence-electron chi connectivity index (χ1n) is 23.2. The number of hydrogen-bond acceptors (Lipinski definition) is 13. The lowest BCUT2D eigenvalue weighted by atomic mass is 9.72. The highest BCUT2D eigenvalue weighted by molar-refractivity contribution is 7.90. The number of likely N-dealkylation sites (tertiary alicyclic amines) is 1. The molecule has 3 fully saturated rings. The van der Waals surface area contributed by atoms with E-state index in [0.29, 0.717) is 35.5 Å². The molecule has 4 aliphatic heterocycles. The Hall–Kier alpha value is -5.72. The third kappa shape index (κ3) is 9.57. The van der Waals surface area contributed by atoms with Gasteiger partial charge in [-0.2, -0.15) is 4.98 Å². The van der Waals surface area contributed by atoms with E-state index >= 15 is 0 Å². The number of nitro groups is 1. The predicted octanol–water partition coefficient (Wildman–Crippen LogP) is 7.83. The van der Waals surface area contributed by atoms with Gasteiger partial charge in [-0.05, 0) is 103 Å². The Morgan fingerprint density at radius 1 is 0.955 bits per heavy atom. The third-order valence-corrected chi connectivity index (χ3v) is 15.7. The van der Waals surface area contributed by atoms with Gasteiger partial charge in [-0.3, -0.25) is 24.7 Å². The second-order valence-electron chi connectivity index (χ2n) is 19.1. The Bertz CT molecular complexity index is 2830. The van der Waals surface area contributed by atoms with Gasteiger partial charge in [0.2, 0.25) is 5.88 Å². The number of nitrogens with one attached hydrogen (secondary N) is 3. The zero-order valence-corrected chi connectivity index (χ0v) is 39.4. The Labute approximate surface area is 395 Å². The van der Waals surface area contributed by atoms with Crippen LogP contribution in [0, 0.1) is 15.5 Å². The summed E-state index contributed by atoms with van der Waals surface area (Å²) in [6.45, 7) is 12.5. The van der Waals surface area contributed by atoms with Crippen LogP contribution in [0.4, 0.5) is 28.4 Å². The summed E-state index contributed by atoms with van der Waals surface area (Å²) in [6.07, 6.45) is 6.57. The topological polar surface area (TPSA) is 179 Å². The van der Waals surface area contributed by atoms with Crippen LogP contribution >= 0.6 is 11.6 Å². The summed E-state index contributed by atoms with van der Waals surface area (Å²) in [7, 11) is -4.57. The zero-order valence-electron chi connectivity index (χ0n) is 37.8. The molecule has 3 saturated heterocycles. The van der Waals surface area contributed by atoms with Gasteiger partial charge in [-0.15, -0.1) is 0 Å². The minimum absolute atomic E-state index is 0.0155. The standard InChI is InChI=1S/C49H56ClN9O7S/c1-49(2)15-11-34(41(28-49)32-3-5-35(50)6-4-32)29-55-19-21-57(22-20-55)37-7-9-40(43(26-37)58-23-24-66-48-45(58)25-33-12-16-51-46(33)53-48)47(60)54-67(63,64)39-8-10-42(44(27-39)59(61)62)52-36-13-17-56(18-14-36)38-30-65-31-38/h3-10,12,16,25-27,36,38,52H,11,13-15,17-24,28-31H2,1-2H3,(H,51,53)(H,54,60). The fourth-order valence-corrected chi connectivity index (χ4v) is 11.3. The first kappa shape index (κ1) is 45.1. The average molecular weight is 951 g/mol. The SMILES string of the molecule is CC1(C)CCC(CN2CCN(c3ccc(C(=O)NS(=O)(=O)c4ccc(NC5CCN(C6COC6)CC5)c([N+](=O)[O-])c4)c(N4CCOc5nc6[nH]ccc6cc54)c3)CC2)=C(c2ccc(Cl)cc2)C1. The molecule has 0 bridgehead atoms. The Morgan fingerprint density at radius 3 is 2.46 bits per heavy atom. The molecule has 6 heterocycles. The summed E-state index contributed by atoms with van der Waals surface area (Å²) in [4.78, 5) is 42.7. The minimum atomic E-state index is -4.57. The van der Waals surface area contributed by atoms with Gasteiger partial charge in [0.1, 0.15) is 23.6 Å². The van der Waals surface area contributed by atoms with Crippen LogP contribution in [0.2, 0.25) is 5.02 Å². The van der Waals surface area contributed by atoms with Crippen molar-refractivity contribution in [1.82, 2.24) is 24.5 Å². The molecule has 5 aliphatic rings. The van der Waals surface area contributed by atoms with Gasteiger partial charge in [-0.1, -0.05) is 43.2 Å². The maximum atomic E-state index is 14.4. The number of carbonyl (C=O) groups excluding carboxylic acids is 1. The summed E-state index contributed by atoms with van der Waals surface area (Å²) >= 11 is 6.27. The lowest BCUT2D eigenvalue weighted by Gasteiger charge is -2.41. The number of aromatic amines is 1. The van der Waals surface area contributed by atoms with Crippen molar-refractivity contribution >= 4 is 72.6 Å². The lowest BCUT2D eigenvalue weighted by molar-refractivity contribution is -0.384. The van der Waals surface area contributed by atoms with Crippen molar-refractivity contribution in [3.05, 3.63) is 111 Å². The van der Waals surface area contributed by atoms with Gasteiger partial charge in [0.05, 0.1) is 46.9 Å². The molecule has 2 aromatic heterocycles. The van der Waals surface area contributed by atoms with Crippen molar-refractivity contribution in [3.8, 4) is 5.88 Å². The number of fused-ring (bicyclic) bond motifs is 2. The van der Waals surface area contributed by atoms with Crippen LogP contribution in [-0.4, -0.2) is 123 Å². The summed E-state index contributed by atoms with van der Waals surface area (Å²) in [5.74, 6) is -0.485. The van der Waals surface area contributed by atoms with Crippen LogP contribution in [-0.2, 0) is 14.8 Å². The molecular formula is C49H56ClN9O7S. The largest absolute Gasteiger partial charge is 0.474 e. The number of sulfonamides is 1. The van der Waals surface area contributed by atoms with E-state index in [0.717, 1.165) is 113 Å². The van der Waals surface area contributed by atoms with Crippen LogP contribution in [0.5, 0.6) is 5.88 Å². The van der Waals surface area contributed by atoms with Crippen molar-refractivity contribution in [2.75, 3.05) is 87.3 Å². The third-order valence-electron chi connectivity index (χ3n) is 14.1. The molecule has 1 amide bonds. The van der Waals surface area contributed by atoms with Crippen LogP contribution < -0.4 is 24.6 Å². The monoisotopic (exact) mass is 949 g/mol. The number of nitrogens with zero attached hydrogens (tertiary/aromatic N) is 6. The molecule has 0 spiro atoms. The lowest BCUT2D eigenvalue weighted by Crippen LogP contribution is -2.53. The number of hydrogen-bond donors (Lipinski definition) is 3. The molecule has 0 unspecified atom stereocenters. The van der Waals surface area contributed by atoms with Crippen molar-refractivity contribution in [3.63, 3.8) is 0 Å². The molecule has 0 radical (unpaired) electrons. The first-order chi connectivity index (χ1) is 32.3. The molecule has 3 aromatic carbocycles. The number of carbonyl (C=O) groups is 1. The van der Waals surface area contributed by atoms with Crippen LogP contribution in [0.15, 0.2) is 89.5 Å². The van der Waals surface area contributed by atoms with Crippen LogP contribution in [0.25, 0.3) is 16.6 Å². The van der Waals surface area contributed by atoms with Crippen molar-refractivity contribution in [1.29, 1.82) is 0 Å². The van der Waals surface area contributed by atoms with Gasteiger partial charge in [0, 0.05) is 80.2 Å². The molecule has 3 N–H and O–H groups in total. The van der Waals surface area contributed by atoms with Gasteiger partial charge in [0.15, 0.2) is 0 Å². The van der Waals surface area contributed by atoms with Gasteiger partial charge in [0.25, 0.3) is 21.6 Å². The smallest absolute Gasteiger partial charge is 0.293 e. The van der Waals surface area contributed by atoms with E-state index in [1.807, 2.05) is 41.3 Å². The highest BCUT2D eigenvalue weighted by Gasteiger charge is 2.34. The molecule has 18 heteroatoms. The number of piperidine rings is 1. The number of aromatic nitrogens is 2. The van der Waals surface area contributed by atoms with E-state index in [1.165, 1.54) is 28.8 Å². The van der Waals surface area contributed by atoms with E-state index in [4.69, 9.17) is 26.1 Å². The molecule has 67 heavy (non-hydrogen) atoms. The van der Waals surface area contributed by atoms with Crippen molar-refractivity contribution < 1.29 is 27.6 Å². The zero-order chi connectivity index (χ0) is 46.5. The summed E-state index contributed by atoms with van der Waals surface area (Å²) in [5.41, 5.74) is 6.98. The van der Waals surface area contributed by atoms with E-state index in [9.17, 15) is 23.3 Å². The van der Waals surface area contributed by atoms with E-state index in [1.54, 1.807) is 12.3 Å². The highest BCUT2D eigenvalue weighted by Crippen LogP contribution is 2.44. The molecule has 0 saturated carbocycles. The van der Waals surface area contributed by atoms with E-state index in [2.05, 4.69) is 55.7 Å². The molecule has 16 nitrogen and oxygen atoms in total. The van der Waals surface area contributed by atoms with Gasteiger partial charge >= 0.3 is 0 Å². The Balaban J connectivity index is 0.894. The number of rotatable bonds is 12. The Morgan fingerprint density at radius 2 is 1.73 bits per heavy atom. The van der Waals surface area contributed by atoms with Crippen LogP contribution in [0.3, 0.4) is 0 Å². The number of pyridine rings is 1. The quantitative estimate of drug-likeness (QED) is 0.0815. The molecule has 0 atom stereocenters. The number of halogens is 1. The van der Waals surface area contributed by atoms with Gasteiger partial charge in [-0.25, -0.2) is 13.1 Å². The highest BCUT2D eigenvalue weighted by atomic mass is 35.5. The second kappa shape index (κ2) is 18.4. The normalized spacial score (nSPS) is 19.7. The maximum absolute atomic E-state index is 14.4. The number of allylic oxidation sites excluding steroid dienone is 1. The number of ether oxygens (including phenoxy) is 2. The molecule has 10 rings (SSSR count). The van der Waals surface area contributed by atoms with Crippen LogP contribution in [0.1, 0.15) is 61.9 Å². The summed E-state index contributed by atoms with van der Waals surface area (Å²) < 4.78 is 41.6. The van der Waals surface area contributed by atoms with E-state index < -0.39 is 25.7 Å². The first-order valence-corrected chi connectivity index (χ1v) is 25.0. The number of anilines is 4.